The molecular formula is C16H13FO3. The molecule has 20 heavy (non-hydrogen) atoms. The number of rotatable bonds is 4. The number of carboxylic acid groups (broad SMARTS) is 1. The van der Waals surface area contributed by atoms with Gasteiger partial charge >= 0.3 is 5.97 Å². The first-order valence-electron chi connectivity index (χ1n) is 5.96. The summed E-state index contributed by atoms with van der Waals surface area (Å²) in [5, 5.41) is 9.03. The average molecular weight is 272 g/mol. The Morgan fingerprint density at radius 3 is 2.40 bits per heavy atom. The molecule has 0 saturated heterocycles. The zero-order valence-electron chi connectivity index (χ0n) is 10.8. The van der Waals surface area contributed by atoms with Crippen molar-refractivity contribution in [3.8, 4) is 5.75 Å². The van der Waals surface area contributed by atoms with Crippen LogP contribution in [-0.2, 0) is 4.79 Å². The Balaban J connectivity index is 2.59. The fourth-order valence-corrected chi connectivity index (χ4v) is 1.94. The molecule has 0 aromatic heterocycles. The van der Waals surface area contributed by atoms with E-state index < -0.39 is 5.97 Å². The van der Waals surface area contributed by atoms with Gasteiger partial charge in [-0.05, 0) is 29.3 Å². The third-order valence-corrected chi connectivity index (χ3v) is 2.82. The number of ether oxygens (including phenoxy) is 1. The molecule has 2 rings (SSSR count). The maximum absolute atomic E-state index is 13.0. The van der Waals surface area contributed by atoms with Crippen molar-refractivity contribution in [2.75, 3.05) is 7.11 Å². The number of aliphatic carboxylic acids is 1. The van der Waals surface area contributed by atoms with Crippen LogP contribution < -0.4 is 4.74 Å². The zero-order valence-corrected chi connectivity index (χ0v) is 10.8. The second-order valence-corrected chi connectivity index (χ2v) is 4.10. The Hall–Kier alpha value is -2.62. The summed E-state index contributed by atoms with van der Waals surface area (Å²) in [5.41, 5.74) is 1.72. The van der Waals surface area contributed by atoms with Crippen LogP contribution in [-0.4, -0.2) is 18.2 Å². The predicted molar refractivity (Wildman–Crippen MR) is 74.1 cm³/mol. The van der Waals surface area contributed by atoms with Gasteiger partial charge in [-0.15, -0.1) is 0 Å². The van der Waals surface area contributed by atoms with Crippen LogP contribution in [0.2, 0.25) is 0 Å². The van der Waals surface area contributed by atoms with Crippen LogP contribution in [0.3, 0.4) is 0 Å². The van der Waals surface area contributed by atoms with Crippen molar-refractivity contribution in [3.05, 3.63) is 71.6 Å². The van der Waals surface area contributed by atoms with E-state index in [4.69, 9.17) is 9.84 Å². The molecule has 0 saturated carbocycles. The molecule has 0 radical (unpaired) electrons. The van der Waals surface area contributed by atoms with Gasteiger partial charge in [0, 0.05) is 11.6 Å². The lowest BCUT2D eigenvalue weighted by atomic mass is 9.96. The first-order valence-corrected chi connectivity index (χ1v) is 5.96. The Bertz CT molecular complexity index is 645. The number of halogens is 1. The van der Waals surface area contributed by atoms with Crippen LogP contribution in [0.25, 0.3) is 5.57 Å². The number of benzene rings is 2. The first-order chi connectivity index (χ1) is 9.61. The van der Waals surface area contributed by atoms with Crippen LogP contribution in [0.5, 0.6) is 5.75 Å². The molecule has 0 aliphatic heterocycles. The molecule has 2 aromatic rings. The summed E-state index contributed by atoms with van der Waals surface area (Å²) < 4.78 is 18.2. The molecule has 0 heterocycles. The summed E-state index contributed by atoms with van der Waals surface area (Å²) in [6.45, 7) is 0. The molecule has 0 fully saturated rings. The van der Waals surface area contributed by atoms with E-state index >= 15 is 0 Å². The molecule has 0 amide bonds. The lowest BCUT2D eigenvalue weighted by Crippen LogP contribution is -1.97. The maximum Gasteiger partial charge on any atom is 0.328 e. The van der Waals surface area contributed by atoms with Gasteiger partial charge in [-0.3, -0.25) is 0 Å². The molecule has 2 aromatic carbocycles. The average Bonchev–Trinajstić information content (AvgIpc) is 2.45. The van der Waals surface area contributed by atoms with Crippen molar-refractivity contribution in [1.82, 2.24) is 0 Å². The van der Waals surface area contributed by atoms with Gasteiger partial charge in [0.1, 0.15) is 11.6 Å². The highest BCUT2D eigenvalue weighted by molar-refractivity contribution is 5.96. The number of hydrogen-bond donors (Lipinski definition) is 1. The molecule has 0 spiro atoms. The summed E-state index contributed by atoms with van der Waals surface area (Å²) in [4.78, 5) is 11.0. The lowest BCUT2D eigenvalue weighted by molar-refractivity contribution is -0.131. The van der Waals surface area contributed by atoms with E-state index in [1.165, 1.54) is 31.4 Å². The van der Waals surface area contributed by atoms with E-state index in [2.05, 4.69) is 0 Å². The largest absolute Gasteiger partial charge is 0.496 e. The minimum Gasteiger partial charge on any atom is -0.496 e. The molecule has 0 aliphatic rings. The summed E-state index contributed by atoms with van der Waals surface area (Å²) in [6.07, 6.45) is 1.09. The number of hydrogen-bond acceptors (Lipinski definition) is 2. The van der Waals surface area contributed by atoms with Gasteiger partial charge in [0.25, 0.3) is 0 Å². The summed E-state index contributed by atoms with van der Waals surface area (Å²) >= 11 is 0. The Morgan fingerprint density at radius 1 is 1.15 bits per heavy atom. The van der Waals surface area contributed by atoms with Gasteiger partial charge in [-0.2, -0.15) is 0 Å². The first kappa shape index (κ1) is 13.8. The van der Waals surface area contributed by atoms with Crippen LogP contribution in [0, 0.1) is 5.82 Å². The molecule has 0 bridgehead atoms. The number of carbonyl (C=O) groups is 1. The molecule has 1 N–H and O–H groups in total. The van der Waals surface area contributed by atoms with E-state index in [1.54, 1.807) is 24.3 Å². The van der Waals surface area contributed by atoms with Crippen molar-refractivity contribution >= 4 is 11.5 Å². The molecule has 0 atom stereocenters. The van der Waals surface area contributed by atoms with Crippen molar-refractivity contribution in [2.24, 2.45) is 0 Å². The van der Waals surface area contributed by atoms with Gasteiger partial charge < -0.3 is 9.84 Å². The van der Waals surface area contributed by atoms with Crippen LogP contribution in [0.1, 0.15) is 11.1 Å². The van der Waals surface area contributed by atoms with E-state index in [9.17, 15) is 9.18 Å². The third kappa shape index (κ3) is 3.03. The van der Waals surface area contributed by atoms with Crippen LogP contribution in [0.4, 0.5) is 4.39 Å². The molecule has 0 aliphatic carbocycles. The Morgan fingerprint density at radius 2 is 1.80 bits per heavy atom. The molecule has 0 unspecified atom stereocenters. The van der Waals surface area contributed by atoms with E-state index in [0.717, 1.165) is 6.08 Å². The predicted octanol–water partition coefficient (Wildman–Crippen LogP) is 3.35. The van der Waals surface area contributed by atoms with Crippen molar-refractivity contribution in [3.63, 3.8) is 0 Å². The third-order valence-electron chi connectivity index (χ3n) is 2.82. The van der Waals surface area contributed by atoms with Gasteiger partial charge in [0.15, 0.2) is 0 Å². The normalized spacial score (nSPS) is 11.2. The minimum absolute atomic E-state index is 0.372. The quantitative estimate of drug-likeness (QED) is 0.868. The maximum atomic E-state index is 13.0. The zero-order chi connectivity index (χ0) is 14.5. The van der Waals surface area contributed by atoms with Gasteiger partial charge in [-0.1, -0.05) is 30.3 Å². The van der Waals surface area contributed by atoms with Crippen molar-refractivity contribution in [1.29, 1.82) is 0 Å². The van der Waals surface area contributed by atoms with Gasteiger partial charge in [0.2, 0.25) is 0 Å². The van der Waals surface area contributed by atoms with E-state index in [1.807, 2.05) is 0 Å². The summed E-state index contributed by atoms with van der Waals surface area (Å²) in [6, 6.07) is 12.8. The lowest BCUT2D eigenvalue weighted by Gasteiger charge is -2.12. The number of carboxylic acids is 1. The van der Waals surface area contributed by atoms with Crippen molar-refractivity contribution < 1.29 is 19.0 Å². The Kier molecular flexibility index (Phi) is 4.15. The fraction of sp³-hybridized carbons (Fsp3) is 0.0625. The number of methoxy groups -OCH3 is 1. The molecule has 4 heteroatoms. The van der Waals surface area contributed by atoms with Crippen molar-refractivity contribution in [2.45, 2.75) is 0 Å². The summed E-state index contributed by atoms with van der Waals surface area (Å²) in [5.74, 6) is -0.886. The second kappa shape index (κ2) is 6.02. The SMILES string of the molecule is COc1ccccc1C(=CC(=O)O)c1ccc(F)cc1. The molecule has 102 valence electrons. The van der Waals surface area contributed by atoms with Gasteiger partial charge in [-0.25, -0.2) is 9.18 Å². The van der Waals surface area contributed by atoms with Crippen LogP contribution in [0.15, 0.2) is 54.6 Å². The van der Waals surface area contributed by atoms with E-state index in [0.29, 0.717) is 22.4 Å². The second-order valence-electron chi connectivity index (χ2n) is 4.10. The highest BCUT2D eigenvalue weighted by atomic mass is 19.1. The van der Waals surface area contributed by atoms with Gasteiger partial charge in [0.05, 0.1) is 7.11 Å². The topological polar surface area (TPSA) is 46.5 Å². The number of para-hydroxylation sites is 1. The summed E-state index contributed by atoms with van der Waals surface area (Å²) in [7, 11) is 1.52. The monoisotopic (exact) mass is 272 g/mol. The van der Waals surface area contributed by atoms with E-state index in [-0.39, 0.29) is 5.82 Å². The highest BCUT2D eigenvalue weighted by Gasteiger charge is 2.12. The van der Waals surface area contributed by atoms with Crippen LogP contribution >= 0.6 is 0 Å². The Labute approximate surface area is 115 Å². The fourth-order valence-electron chi connectivity index (χ4n) is 1.94. The smallest absolute Gasteiger partial charge is 0.328 e. The standard InChI is InChI=1S/C16H13FO3/c1-20-15-5-3-2-4-13(15)14(10-16(18)19)11-6-8-12(17)9-7-11/h2-10H,1H3,(H,18,19). The minimum atomic E-state index is -1.07. The molecule has 3 nitrogen and oxygen atoms in total. The molecular weight excluding hydrogens is 259 g/mol. The highest BCUT2D eigenvalue weighted by Crippen LogP contribution is 2.30.